The summed E-state index contributed by atoms with van der Waals surface area (Å²) in [5, 5.41) is 15.8. The maximum Gasteiger partial charge on any atom is 1.00 e. The van der Waals surface area contributed by atoms with Crippen molar-refractivity contribution in [2.75, 3.05) is 6.61 Å². The number of aliphatic hydroxyl groups excluding tert-OH is 1. The van der Waals surface area contributed by atoms with E-state index >= 15 is 0 Å². The molecule has 0 aromatic rings. The minimum absolute atomic E-state index is 0. The van der Waals surface area contributed by atoms with E-state index in [4.69, 9.17) is 33.5 Å². The molecule has 8 nitrogen and oxygen atoms in total. The van der Waals surface area contributed by atoms with Gasteiger partial charge in [-0.3, -0.25) is 13.9 Å². The molecule has 0 radical (unpaired) electrons. The maximum atomic E-state index is 9.58. The van der Waals surface area contributed by atoms with Crippen molar-refractivity contribution >= 4 is 16.4 Å². The molecule has 0 aliphatic carbocycles. The number of rotatable bonds is 2. The number of nitrogens with one attached hydrogen (secondary N) is 1. The molecule has 0 spiro atoms. The zero-order valence-corrected chi connectivity index (χ0v) is 10.6. The number of carboxylic acid groups (broad SMARTS) is 1. The fourth-order valence-corrected chi connectivity index (χ4v) is 0.0781. The van der Waals surface area contributed by atoms with Gasteiger partial charge in [0.05, 0.1) is 0 Å². The molecule has 0 aliphatic heterocycles. The SMILES string of the molecule is O=S(=O)(O)O.[K+].[NH-][C@@H](CO)C(=O)O. The van der Waals surface area contributed by atoms with Gasteiger partial charge in [-0.1, -0.05) is 0 Å². The molecule has 10 heteroatoms. The van der Waals surface area contributed by atoms with Gasteiger partial charge in [0.1, 0.15) is 0 Å². The summed E-state index contributed by atoms with van der Waals surface area (Å²) in [5.41, 5.74) is 6.43. The number of carboxylic acids is 1. The van der Waals surface area contributed by atoms with Crippen molar-refractivity contribution in [3.63, 3.8) is 0 Å². The van der Waals surface area contributed by atoms with Crippen LogP contribution in [-0.4, -0.2) is 46.4 Å². The van der Waals surface area contributed by atoms with E-state index in [-0.39, 0.29) is 51.4 Å². The minimum atomic E-state index is -4.67. The van der Waals surface area contributed by atoms with Gasteiger partial charge in [0.2, 0.25) is 0 Å². The fourth-order valence-electron chi connectivity index (χ4n) is 0.0781. The number of aliphatic hydroxyl groups is 1. The third kappa shape index (κ3) is 32.2. The summed E-state index contributed by atoms with van der Waals surface area (Å²) < 4.78 is 31.6. The Bertz CT molecular complexity index is 218. The molecule has 0 heterocycles. The average molecular weight is 241 g/mol. The second kappa shape index (κ2) is 9.45. The average Bonchev–Trinajstić information content (AvgIpc) is 1.82. The summed E-state index contributed by atoms with van der Waals surface area (Å²) in [6, 6.07) is -1.38. The molecule has 74 valence electrons. The number of hydrogen-bond donors (Lipinski definition) is 4. The van der Waals surface area contributed by atoms with E-state index in [0.29, 0.717) is 0 Å². The third-order valence-electron chi connectivity index (χ3n) is 0.481. The third-order valence-corrected chi connectivity index (χ3v) is 0.481. The first-order valence-corrected chi connectivity index (χ1v) is 3.83. The van der Waals surface area contributed by atoms with Gasteiger partial charge in [0.25, 0.3) is 5.97 Å². The molecule has 13 heavy (non-hydrogen) atoms. The molecule has 0 saturated heterocycles. The first-order chi connectivity index (χ1) is 5.18. The molecule has 1 atom stereocenters. The zero-order valence-electron chi connectivity index (χ0n) is 6.71. The van der Waals surface area contributed by atoms with Crippen molar-refractivity contribution in [3.8, 4) is 0 Å². The smallest absolute Gasteiger partial charge is 0.663 e. The molecule has 0 aliphatic rings. The summed E-state index contributed by atoms with van der Waals surface area (Å²) in [6.45, 7) is -0.616. The molecule has 5 N–H and O–H groups in total. The molecule has 0 saturated carbocycles. The van der Waals surface area contributed by atoms with Crippen LogP contribution in [0.4, 0.5) is 0 Å². The van der Waals surface area contributed by atoms with Crippen LogP contribution >= 0.6 is 0 Å². The van der Waals surface area contributed by atoms with Gasteiger partial charge < -0.3 is 15.9 Å². The predicted octanol–water partition coefficient (Wildman–Crippen LogP) is -4.16. The van der Waals surface area contributed by atoms with Gasteiger partial charge in [-0.25, -0.2) is 0 Å². The molecule has 0 fully saturated rings. The van der Waals surface area contributed by atoms with Crippen LogP contribution in [-0.2, 0) is 15.2 Å². The van der Waals surface area contributed by atoms with Gasteiger partial charge in [-0.15, -0.1) is 0 Å². The molecule has 0 aromatic heterocycles. The molecule has 0 amide bonds. The Morgan fingerprint density at radius 2 is 1.62 bits per heavy atom. The largest absolute Gasteiger partial charge is 1.00 e. The van der Waals surface area contributed by atoms with Crippen molar-refractivity contribution in [1.29, 1.82) is 0 Å². The van der Waals surface area contributed by atoms with E-state index in [1.54, 1.807) is 0 Å². The van der Waals surface area contributed by atoms with Crippen LogP contribution in [0.5, 0.6) is 0 Å². The molecular weight excluding hydrogens is 233 g/mol. The Morgan fingerprint density at radius 1 is 1.38 bits per heavy atom. The van der Waals surface area contributed by atoms with Crippen molar-refractivity contribution < 1.29 is 83.9 Å². The summed E-state index contributed by atoms with van der Waals surface area (Å²) in [5.74, 6) is -1.29. The molecule has 0 aromatic carbocycles. The summed E-state index contributed by atoms with van der Waals surface area (Å²) in [4.78, 5) is 9.58. The van der Waals surface area contributed by atoms with Crippen LogP contribution in [0.1, 0.15) is 0 Å². The van der Waals surface area contributed by atoms with E-state index in [0.717, 1.165) is 0 Å². The summed E-state index contributed by atoms with van der Waals surface area (Å²) in [7, 11) is -4.67. The molecular formula is C3H8KNO7S. The topological polar surface area (TPSA) is 156 Å². The number of hydrogen-bond acceptors (Lipinski definition) is 4. The first kappa shape index (κ1) is 19.5. The predicted molar refractivity (Wildman–Crippen MR) is 37.0 cm³/mol. The monoisotopic (exact) mass is 241 g/mol. The maximum absolute atomic E-state index is 9.58. The molecule has 0 unspecified atom stereocenters. The Morgan fingerprint density at radius 3 is 1.62 bits per heavy atom. The van der Waals surface area contributed by atoms with Gasteiger partial charge in [-0.2, -0.15) is 8.42 Å². The first-order valence-electron chi connectivity index (χ1n) is 2.43. The van der Waals surface area contributed by atoms with Crippen molar-refractivity contribution in [1.82, 2.24) is 0 Å². The Balaban J connectivity index is -0.000000150. The van der Waals surface area contributed by atoms with Gasteiger partial charge in [0.15, 0.2) is 0 Å². The molecule has 0 bridgehead atoms. The van der Waals surface area contributed by atoms with E-state index in [2.05, 4.69) is 0 Å². The number of aliphatic carboxylic acids is 1. The number of carbonyl (C=O) groups is 1. The van der Waals surface area contributed by atoms with Crippen LogP contribution in [0.3, 0.4) is 0 Å². The fraction of sp³-hybridized carbons (Fsp3) is 0.667. The van der Waals surface area contributed by atoms with Crippen LogP contribution in [0.25, 0.3) is 5.73 Å². The Hall–Kier alpha value is 0.896. The van der Waals surface area contributed by atoms with Crippen molar-refractivity contribution in [3.05, 3.63) is 5.73 Å². The van der Waals surface area contributed by atoms with Crippen LogP contribution in [0, 0.1) is 0 Å². The standard InChI is InChI=1S/C3H6NO3.K.H2O4S/c4-2(1-5)3(6)7;;1-5(2,3)4/h2,4-5H,1H2,(H,6,7);;(H2,1,2,3,4)/q-1;+1;/t2-;;/m0../s1. The summed E-state index contributed by atoms with van der Waals surface area (Å²) >= 11 is 0. The van der Waals surface area contributed by atoms with Gasteiger partial charge >= 0.3 is 61.8 Å². The van der Waals surface area contributed by atoms with Crippen LogP contribution in [0.15, 0.2) is 0 Å². The zero-order chi connectivity index (χ0) is 10.4. The minimum Gasteiger partial charge on any atom is -0.663 e. The second-order valence-corrected chi connectivity index (χ2v) is 2.42. The van der Waals surface area contributed by atoms with Gasteiger partial charge in [-0.05, 0) is 6.04 Å². The summed E-state index contributed by atoms with van der Waals surface area (Å²) in [6.07, 6.45) is 0. The van der Waals surface area contributed by atoms with E-state index in [1.807, 2.05) is 0 Å². The Labute approximate surface area is 117 Å². The van der Waals surface area contributed by atoms with E-state index < -0.39 is 29.0 Å². The van der Waals surface area contributed by atoms with Crippen molar-refractivity contribution in [2.24, 2.45) is 0 Å². The Kier molecular flexibility index (Phi) is 14.2. The second-order valence-electron chi connectivity index (χ2n) is 1.52. The van der Waals surface area contributed by atoms with E-state index in [9.17, 15) is 4.79 Å². The normalized spacial score (nSPS) is 11.7. The molecule has 0 rings (SSSR count). The quantitative estimate of drug-likeness (QED) is 0.282. The van der Waals surface area contributed by atoms with Crippen molar-refractivity contribution in [2.45, 2.75) is 6.04 Å². The van der Waals surface area contributed by atoms with Crippen LogP contribution in [0.2, 0.25) is 0 Å². The van der Waals surface area contributed by atoms with Gasteiger partial charge in [0, 0.05) is 6.61 Å². The van der Waals surface area contributed by atoms with E-state index in [1.165, 1.54) is 0 Å². The van der Waals surface area contributed by atoms with Crippen LogP contribution < -0.4 is 51.4 Å².